The highest BCUT2D eigenvalue weighted by atomic mass is 32.2. The molecule has 1 aromatic carbocycles. The Morgan fingerprint density at radius 2 is 2.06 bits per heavy atom. The van der Waals surface area contributed by atoms with Gasteiger partial charge in [0.1, 0.15) is 0 Å². The first-order valence-electron chi connectivity index (χ1n) is 5.12. The zero-order valence-corrected chi connectivity index (χ0v) is 10.5. The van der Waals surface area contributed by atoms with Gasteiger partial charge in [-0.3, -0.25) is 0 Å². The lowest BCUT2D eigenvalue weighted by atomic mass is 10.3. The van der Waals surface area contributed by atoms with Crippen molar-refractivity contribution in [1.82, 2.24) is 5.32 Å². The van der Waals surface area contributed by atoms with Gasteiger partial charge in [-0.05, 0) is 18.4 Å². The molecule has 18 heavy (non-hydrogen) atoms. The van der Waals surface area contributed by atoms with Gasteiger partial charge in [0.2, 0.25) is 0 Å². The van der Waals surface area contributed by atoms with Gasteiger partial charge < -0.3 is 20.8 Å². The standard InChI is InChI=1S/C11H14N2O4S/c1-18-9-5-3-2-4-7(9)12-11(17)13-8(6-14)10(15)16/h2-5,8,14H,6H2,1H3,(H,15,16)(H2,12,13,17)/t8-/m1/s1. The van der Waals surface area contributed by atoms with Crippen molar-refractivity contribution in [2.45, 2.75) is 10.9 Å². The van der Waals surface area contributed by atoms with Crippen LogP contribution in [0.4, 0.5) is 10.5 Å². The third kappa shape index (κ3) is 3.94. The Hall–Kier alpha value is -1.73. The molecule has 1 rings (SSSR count). The van der Waals surface area contributed by atoms with Gasteiger partial charge in [-0.2, -0.15) is 0 Å². The van der Waals surface area contributed by atoms with Gasteiger partial charge in [0, 0.05) is 4.90 Å². The summed E-state index contributed by atoms with van der Waals surface area (Å²) in [7, 11) is 0. The van der Waals surface area contributed by atoms with Crippen LogP contribution in [0.1, 0.15) is 0 Å². The minimum absolute atomic E-state index is 0.588. The molecule has 0 saturated carbocycles. The molecule has 0 spiro atoms. The second-order valence-electron chi connectivity index (χ2n) is 3.37. The lowest BCUT2D eigenvalue weighted by Gasteiger charge is -2.14. The number of aliphatic hydroxyl groups is 1. The Kier molecular flexibility index (Phi) is 5.47. The predicted molar refractivity (Wildman–Crippen MR) is 68.9 cm³/mol. The minimum atomic E-state index is -1.31. The van der Waals surface area contributed by atoms with Gasteiger partial charge in [0.15, 0.2) is 6.04 Å². The van der Waals surface area contributed by atoms with E-state index < -0.39 is 24.6 Å². The number of hydrogen-bond acceptors (Lipinski definition) is 4. The van der Waals surface area contributed by atoms with Crippen molar-refractivity contribution < 1.29 is 19.8 Å². The molecule has 0 aromatic heterocycles. The first kappa shape index (κ1) is 14.3. The summed E-state index contributed by atoms with van der Waals surface area (Å²) in [5.41, 5.74) is 0.588. The summed E-state index contributed by atoms with van der Waals surface area (Å²) in [4.78, 5) is 23.0. The number of aliphatic hydroxyl groups excluding tert-OH is 1. The SMILES string of the molecule is CSc1ccccc1NC(=O)N[C@H](CO)C(=O)O. The van der Waals surface area contributed by atoms with Crippen LogP contribution in [-0.4, -0.2) is 41.1 Å². The third-order valence-corrected chi connectivity index (χ3v) is 2.94. The van der Waals surface area contributed by atoms with E-state index in [1.54, 1.807) is 12.1 Å². The van der Waals surface area contributed by atoms with E-state index in [1.807, 2.05) is 18.4 Å². The molecule has 0 radical (unpaired) electrons. The fraction of sp³-hybridized carbons (Fsp3) is 0.273. The highest BCUT2D eigenvalue weighted by Crippen LogP contribution is 2.24. The molecule has 0 aliphatic heterocycles. The molecule has 0 aliphatic rings. The van der Waals surface area contributed by atoms with Crippen molar-refractivity contribution in [3.8, 4) is 0 Å². The normalized spacial score (nSPS) is 11.7. The molecule has 0 heterocycles. The molecule has 2 amide bonds. The smallest absolute Gasteiger partial charge is 0.328 e. The van der Waals surface area contributed by atoms with Crippen LogP contribution in [0.3, 0.4) is 0 Å². The van der Waals surface area contributed by atoms with Crippen molar-refractivity contribution in [1.29, 1.82) is 0 Å². The molecule has 0 bridgehead atoms. The maximum absolute atomic E-state index is 11.5. The lowest BCUT2D eigenvalue weighted by molar-refractivity contribution is -0.140. The number of aliphatic carboxylic acids is 1. The second-order valence-corrected chi connectivity index (χ2v) is 4.22. The maximum Gasteiger partial charge on any atom is 0.328 e. The summed E-state index contributed by atoms with van der Waals surface area (Å²) in [6, 6.07) is 5.16. The average molecular weight is 270 g/mol. The van der Waals surface area contributed by atoms with Gasteiger partial charge in [-0.1, -0.05) is 12.1 Å². The van der Waals surface area contributed by atoms with E-state index in [9.17, 15) is 9.59 Å². The summed E-state index contributed by atoms with van der Waals surface area (Å²) >= 11 is 1.46. The molecule has 0 aliphatic carbocycles. The van der Waals surface area contributed by atoms with Crippen molar-refractivity contribution in [2.75, 3.05) is 18.2 Å². The quantitative estimate of drug-likeness (QED) is 0.598. The van der Waals surface area contributed by atoms with Gasteiger partial charge >= 0.3 is 12.0 Å². The number of thioether (sulfide) groups is 1. The summed E-state index contributed by atoms with van der Waals surface area (Å²) < 4.78 is 0. The van der Waals surface area contributed by atoms with E-state index in [2.05, 4.69) is 10.6 Å². The lowest BCUT2D eigenvalue weighted by Crippen LogP contribution is -2.45. The Balaban J connectivity index is 2.67. The fourth-order valence-electron chi connectivity index (χ4n) is 1.25. The first-order valence-corrected chi connectivity index (χ1v) is 6.35. The predicted octanol–water partition coefficient (Wildman–Crippen LogP) is 0.976. The summed E-state index contributed by atoms with van der Waals surface area (Å²) in [6.45, 7) is -0.660. The third-order valence-electron chi connectivity index (χ3n) is 2.14. The Morgan fingerprint density at radius 1 is 1.39 bits per heavy atom. The van der Waals surface area contributed by atoms with Gasteiger partial charge in [-0.15, -0.1) is 11.8 Å². The number of carboxylic acids is 1. The molecular weight excluding hydrogens is 256 g/mol. The van der Waals surface area contributed by atoms with Crippen molar-refractivity contribution >= 4 is 29.4 Å². The molecule has 98 valence electrons. The average Bonchev–Trinajstić information content (AvgIpc) is 2.36. The van der Waals surface area contributed by atoms with Crippen molar-refractivity contribution in [3.63, 3.8) is 0 Å². The van der Waals surface area contributed by atoms with Crippen LogP contribution in [0.15, 0.2) is 29.2 Å². The molecule has 7 heteroatoms. The number of nitrogens with one attached hydrogen (secondary N) is 2. The molecular formula is C11H14N2O4S. The van der Waals surface area contributed by atoms with E-state index in [0.717, 1.165) is 4.90 Å². The number of benzene rings is 1. The van der Waals surface area contributed by atoms with Crippen LogP contribution >= 0.6 is 11.8 Å². The topological polar surface area (TPSA) is 98.7 Å². The Bertz CT molecular complexity index is 439. The number of carboxylic acid groups (broad SMARTS) is 1. The highest BCUT2D eigenvalue weighted by Gasteiger charge is 2.18. The van der Waals surface area contributed by atoms with E-state index in [-0.39, 0.29) is 0 Å². The van der Waals surface area contributed by atoms with Crippen LogP contribution < -0.4 is 10.6 Å². The summed E-state index contributed by atoms with van der Waals surface area (Å²) in [5.74, 6) is -1.29. The molecule has 1 aromatic rings. The van der Waals surface area contributed by atoms with E-state index in [4.69, 9.17) is 10.2 Å². The summed E-state index contributed by atoms with van der Waals surface area (Å²) in [6.07, 6.45) is 1.87. The Labute approximate surface area is 108 Å². The van der Waals surface area contributed by atoms with Crippen molar-refractivity contribution in [2.24, 2.45) is 0 Å². The van der Waals surface area contributed by atoms with Crippen molar-refractivity contribution in [3.05, 3.63) is 24.3 Å². The molecule has 0 fully saturated rings. The van der Waals surface area contributed by atoms with E-state index in [0.29, 0.717) is 5.69 Å². The van der Waals surface area contributed by atoms with E-state index >= 15 is 0 Å². The number of amides is 2. The fourth-order valence-corrected chi connectivity index (χ4v) is 1.80. The number of rotatable bonds is 5. The van der Waals surface area contributed by atoms with Crippen LogP contribution in [-0.2, 0) is 4.79 Å². The van der Waals surface area contributed by atoms with Crippen LogP contribution in [0.25, 0.3) is 0 Å². The highest BCUT2D eigenvalue weighted by molar-refractivity contribution is 7.98. The zero-order valence-electron chi connectivity index (χ0n) is 9.71. The van der Waals surface area contributed by atoms with Gasteiger partial charge in [0.25, 0.3) is 0 Å². The number of carbonyl (C=O) groups excluding carboxylic acids is 1. The minimum Gasteiger partial charge on any atom is -0.480 e. The molecule has 6 nitrogen and oxygen atoms in total. The number of urea groups is 1. The Morgan fingerprint density at radius 3 is 2.61 bits per heavy atom. The number of hydrogen-bond donors (Lipinski definition) is 4. The van der Waals surface area contributed by atoms with Crippen LogP contribution in [0.2, 0.25) is 0 Å². The maximum atomic E-state index is 11.5. The van der Waals surface area contributed by atoms with E-state index in [1.165, 1.54) is 11.8 Å². The van der Waals surface area contributed by atoms with Gasteiger partial charge in [0.05, 0.1) is 12.3 Å². The van der Waals surface area contributed by atoms with Crippen LogP contribution in [0, 0.1) is 0 Å². The molecule has 0 saturated heterocycles. The number of anilines is 1. The number of para-hydroxylation sites is 1. The number of carbonyl (C=O) groups is 2. The molecule has 1 atom stereocenters. The summed E-state index contributed by atoms with van der Waals surface area (Å²) in [5, 5.41) is 22.2. The van der Waals surface area contributed by atoms with Gasteiger partial charge in [-0.25, -0.2) is 9.59 Å². The largest absolute Gasteiger partial charge is 0.480 e. The second kappa shape index (κ2) is 6.87. The molecule has 4 N–H and O–H groups in total. The molecule has 0 unspecified atom stereocenters. The zero-order chi connectivity index (χ0) is 13.5. The first-order chi connectivity index (χ1) is 8.58. The monoisotopic (exact) mass is 270 g/mol. The van der Waals surface area contributed by atoms with Crippen LogP contribution in [0.5, 0.6) is 0 Å².